The minimum Gasteiger partial charge on any atom is -0.274 e. The van der Waals surface area contributed by atoms with Crippen molar-refractivity contribution in [1.82, 2.24) is 4.98 Å². The third-order valence-corrected chi connectivity index (χ3v) is 4.66. The Bertz CT molecular complexity index is 972. The second kappa shape index (κ2) is 6.30. The molecule has 1 saturated heterocycles. The van der Waals surface area contributed by atoms with Crippen molar-refractivity contribution in [2.75, 3.05) is 4.90 Å². The minimum absolute atomic E-state index is 0.162. The number of anilines is 1. The topological polar surface area (TPSA) is 50.3 Å². The van der Waals surface area contributed by atoms with Crippen molar-refractivity contribution in [2.24, 2.45) is 5.92 Å². The quantitative estimate of drug-likeness (QED) is 0.670. The number of rotatable bonds is 3. The number of pyridine rings is 1. The Morgan fingerprint density at radius 1 is 1.04 bits per heavy atom. The molecule has 0 N–H and O–H groups in total. The molecule has 0 radical (unpaired) electrons. The van der Waals surface area contributed by atoms with Crippen LogP contribution in [-0.4, -0.2) is 16.8 Å². The fourth-order valence-electron chi connectivity index (χ4n) is 3.20. The van der Waals surface area contributed by atoms with Gasteiger partial charge in [-0.05, 0) is 30.3 Å². The van der Waals surface area contributed by atoms with Crippen LogP contribution in [0.25, 0.3) is 10.9 Å². The summed E-state index contributed by atoms with van der Waals surface area (Å²) in [5.41, 5.74) is 2.20. The number of carbonyl (C=O) groups is 2. The Morgan fingerprint density at radius 3 is 2.60 bits per heavy atom. The first-order chi connectivity index (χ1) is 12.1. The molecule has 2 heterocycles. The summed E-state index contributed by atoms with van der Waals surface area (Å²) in [6.45, 7) is 0. The molecule has 1 aliphatic rings. The number of amides is 2. The number of hydrogen-bond donors (Lipinski definition) is 0. The number of para-hydroxylation sites is 1. The Balaban J connectivity index is 1.59. The molecule has 0 aliphatic carbocycles. The van der Waals surface area contributed by atoms with Crippen molar-refractivity contribution in [1.29, 1.82) is 0 Å². The van der Waals surface area contributed by atoms with Crippen LogP contribution >= 0.6 is 11.6 Å². The van der Waals surface area contributed by atoms with Crippen molar-refractivity contribution >= 4 is 40.0 Å². The highest BCUT2D eigenvalue weighted by Gasteiger charge is 2.39. The van der Waals surface area contributed by atoms with Crippen LogP contribution in [0.3, 0.4) is 0 Å². The van der Waals surface area contributed by atoms with Gasteiger partial charge in [0.15, 0.2) is 0 Å². The number of carbonyl (C=O) groups excluding carboxylic acids is 2. The molecule has 2 amide bonds. The Labute approximate surface area is 150 Å². The molecule has 0 bridgehead atoms. The molecule has 3 aromatic rings. The molecule has 0 saturated carbocycles. The summed E-state index contributed by atoms with van der Waals surface area (Å²) in [4.78, 5) is 30.9. The van der Waals surface area contributed by atoms with E-state index in [0.29, 0.717) is 17.1 Å². The third kappa shape index (κ3) is 3.01. The molecule has 4 nitrogen and oxygen atoms in total. The van der Waals surface area contributed by atoms with Gasteiger partial charge in [-0.1, -0.05) is 41.9 Å². The van der Waals surface area contributed by atoms with E-state index < -0.39 is 0 Å². The molecular weight excluding hydrogens is 336 g/mol. The van der Waals surface area contributed by atoms with E-state index >= 15 is 0 Å². The lowest BCUT2D eigenvalue weighted by atomic mass is 10.0. The van der Waals surface area contributed by atoms with Crippen LogP contribution in [0.1, 0.15) is 12.1 Å². The summed E-state index contributed by atoms with van der Waals surface area (Å²) in [5.74, 6) is -0.703. The Morgan fingerprint density at radius 2 is 1.80 bits per heavy atom. The summed E-state index contributed by atoms with van der Waals surface area (Å²) in [7, 11) is 0. The van der Waals surface area contributed by atoms with Crippen molar-refractivity contribution in [3.8, 4) is 0 Å². The van der Waals surface area contributed by atoms with Gasteiger partial charge >= 0.3 is 0 Å². The minimum atomic E-state index is -0.378. The van der Waals surface area contributed by atoms with Gasteiger partial charge in [-0.15, -0.1) is 0 Å². The zero-order valence-electron chi connectivity index (χ0n) is 13.4. The zero-order valence-corrected chi connectivity index (χ0v) is 14.1. The van der Waals surface area contributed by atoms with Crippen LogP contribution in [0.2, 0.25) is 5.02 Å². The molecule has 5 heteroatoms. The van der Waals surface area contributed by atoms with Gasteiger partial charge in [0.25, 0.3) is 0 Å². The van der Waals surface area contributed by atoms with Crippen LogP contribution in [-0.2, 0) is 16.0 Å². The average Bonchev–Trinajstić information content (AvgIpc) is 2.89. The largest absolute Gasteiger partial charge is 0.274 e. The van der Waals surface area contributed by atoms with Gasteiger partial charge in [0.1, 0.15) is 0 Å². The van der Waals surface area contributed by atoms with E-state index in [2.05, 4.69) is 4.98 Å². The zero-order chi connectivity index (χ0) is 17.4. The Kier molecular flexibility index (Phi) is 3.98. The lowest BCUT2D eigenvalue weighted by Crippen LogP contribution is -2.30. The summed E-state index contributed by atoms with van der Waals surface area (Å²) in [5, 5.41) is 1.62. The number of halogens is 1. The van der Waals surface area contributed by atoms with Crippen molar-refractivity contribution in [2.45, 2.75) is 12.8 Å². The second-order valence-electron chi connectivity index (χ2n) is 6.15. The van der Waals surface area contributed by atoms with Crippen molar-refractivity contribution in [3.63, 3.8) is 0 Å². The molecule has 4 rings (SSSR count). The van der Waals surface area contributed by atoms with Gasteiger partial charge in [-0.2, -0.15) is 0 Å². The van der Waals surface area contributed by atoms with E-state index in [4.69, 9.17) is 11.6 Å². The number of fused-ring (bicyclic) bond motifs is 1. The highest BCUT2D eigenvalue weighted by molar-refractivity contribution is 6.31. The highest BCUT2D eigenvalue weighted by Crippen LogP contribution is 2.28. The maximum Gasteiger partial charge on any atom is 0.237 e. The van der Waals surface area contributed by atoms with Crippen molar-refractivity contribution < 1.29 is 9.59 Å². The van der Waals surface area contributed by atoms with Crippen LogP contribution < -0.4 is 4.90 Å². The number of aromatic nitrogens is 1. The van der Waals surface area contributed by atoms with Crippen molar-refractivity contribution in [3.05, 3.63) is 71.4 Å². The van der Waals surface area contributed by atoms with Gasteiger partial charge < -0.3 is 0 Å². The molecule has 25 heavy (non-hydrogen) atoms. The van der Waals surface area contributed by atoms with Crippen LogP contribution in [0, 0.1) is 5.92 Å². The van der Waals surface area contributed by atoms with Gasteiger partial charge in [0.05, 0.1) is 17.1 Å². The van der Waals surface area contributed by atoms with E-state index in [1.54, 1.807) is 18.2 Å². The molecule has 1 atom stereocenters. The molecule has 1 unspecified atom stereocenters. The molecule has 1 aliphatic heterocycles. The smallest absolute Gasteiger partial charge is 0.237 e. The molecular formula is C20H15ClN2O2. The fraction of sp³-hybridized carbons (Fsp3) is 0.150. The molecule has 0 spiro atoms. The van der Waals surface area contributed by atoms with Gasteiger partial charge in [-0.3, -0.25) is 19.5 Å². The Hall–Kier alpha value is -2.72. The molecule has 124 valence electrons. The van der Waals surface area contributed by atoms with Gasteiger partial charge in [0.2, 0.25) is 11.8 Å². The molecule has 2 aromatic carbocycles. The summed E-state index contributed by atoms with van der Waals surface area (Å²) >= 11 is 6.03. The number of nitrogens with zero attached hydrogens (tertiary/aromatic N) is 2. The SMILES string of the molecule is O=C1CC(Cc2ccc3ccc(Cl)cc3n2)C(=O)N1c1ccccc1. The summed E-state index contributed by atoms with van der Waals surface area (Å²) in [6, 6.07) is 18.4. The highest BCUT2D eigenvalue weighted by atomic mass is 35.5. The van der Waals surface area contributed by atoms with E-state index in [1.807, 2.05) is 42.5 Å². The first-order valence-corrected chi connectivity index (χ1v) is 8.46. The second-order valence-corrected chi connectivity index (χ2v) is 6.58. The first-order valence-electron chi connectivity index (χ1n) is 8.09. The van der Waals surface area contributed by atoms with E-state index in [0.717, 1.165) is 16.6 Å². The summed E-state index contributed by atoms with van der Waals surface area (Å²) in [6.07, 6.45) is 0.652. The van der Waals surface area contributed by atoms with Crippen LogP contribution in [0.4, 0.5) is 5.69 Å². The molecule has 1 fully saturated rings. The lowest BCUT2D eigenvalue weighted by molar-refractivity contribution is -0.122. The van der Waals surface area contributed by atoms with Crippen LogP contribution in [0.15, 0.2) is 60.7 Å². The standard InChI is InChI=1S/C20H15ClN2O2/c21-15-8-6-13-7-9-16(22-18(13)12-15)10-14-11-19(24)23(20(14)25)17-4-2-1-3-5-17/h1-9,12,14H,10-11H2. The number of benzene rings is 2. The first kappa shape index (κ1) is 15.8. The predicted octanol–water partition coefficient (Wildman–Crippen LogP) is 4.01. The number of hydrogen-bond acceptors (Lipinski definition) is 3. The van der Waals surface area contributed by atoms with E-state index in [1.165, 1.54) is 4.90 Å². The monoisotopic (exact) mass is 350 g/mol. The van der Waals surface area contributed by atoms with Crippen LogP contribution in [0.5, 0.6) is 0 Å². The summed E-state index contributed by atoms with van der Waals surface area (Å²) < 4.78 is 0. The maximum atomic E-state index is 12.7. The van der Waals surface area contributed by atoms with E-state index in [9.17, 15) is 9.59 Å². The van der Waals surface area contributed by atoms with Gasteiger partial charge in [-0.25, -0.2) is 0 Å². The number of imide groups is 1. The maximum absolute atomic E-state index is 12.7. The van der Waals surface area contributed by atoms with Gasteiger partial charge in [0, 0.05) is 28.9 Å². The predicted molar refractivity (Wildman–Crippen MR) is 97.5 cm³/mol. The lowest BCUT2D eigenvalue weighted by Gasteiger charge is -2.14. The fourth-order valence-corrected chi connectivity index (χ4v) is 3.37. The third-order valence-electron chi connectivity index (χ3n) is 4.42. The molecule has 1 aromatic heterocycles. The normalized spacial score (nSPS) is 17.5. The van der Waals surface area contributed by atoms with E-state index in [-0.39, 0.29) is 24.2 Å². The average molecular weight is 351 g/mol.